The molecule has 0 radical (unpaired) electrons. The summed E-state index contributed by atoms with van der Waals surface area (Å²) in [7, 11) is 0. The molecular weight excluding hydrogens is 545 g/mol. The van der Waals surface area contributed by atoms with Crippen LogP contribution in [0, 0.1) is 0 Å². The lowest BCUT2D eigenvalue weighted by molar-refractivity contribution is 0.387. The Bertz CT molecular complexity index is 1410. The van der Waals surface area contributed by atoms with Gasteiger partial charge < -0.3 is 14.3 Å². The summed E-state index contributed by atoms with van der Waals surface area (Å²) in [6.45, 7) is 4.08. The van der Waals surface area contributed by atoms with Crippen molar-refractivity contribution in [2.75, 3.05) is 26.2 Å². The maximum absolute atomic E-state index is 6.22. The third kappa shape index (κ3) is 5.12. The smallest absolute Gasteiger partial charge is 0.210 e. The van der Waals surface area contributed by atoms with Gasteiger partial charge in [-0.05, 0) is 41.0 Å². The predicted molar refractivity (Wildman–Crippen MR) is 149 cm³/mol. The Labute approximate surface area is 234 Å². The van der Waals surface area contributed by atoms with E-state index >= 15 is 0 Å². The number of hydrogen-bond donors (Lipinski definition) is 0. The molecule has 1 aromatic carbocycles. The molecule has 0 fully saturated rings. The maximum Gasteiger partial charge on any atom is 0.210 e. The van der Waals surface area contributed by atoms with E-state index in [1.165, 1.54) is 0 Å². The molecule has 11 heteroatoms. The second-order valence-electron chi connectivity index (χ2n) is 8.97. The topological polar surface area (TPSA) is 83.0 Å². The summed E-state index contributed by atoms with van der Waals surface area (Å²) in [5, 5.41) is 6.13. The Kier molecular flexibility index (Phi) is 7.02. The number of rotatable bonds is 7. The molecule has 192 valence electrons. The average Bonchev–Trinajstić information content (AvgIpc) is 3.67. The van der Waals surface area contributed by atoms with E-state index in [9.17, 15) is 0 Å². The van der Waals surface area contributed by atoms with Crippen LogP contribution in [-0.4, -0.2) is 62.8 Å². The number of nitrogens with zero attached hydrogens (tertiary/aromatic N) is 7. The van der Waals surface area contributed by atoms with Crippen LogP contribution in [0.1, 0.15) is 22.6 Å². The fourth-order valence-electron chi connectivity index (χ4n) is 4.63. The van der Waals surface area contributed by atoms with E-state index in [1.54, 1.807) is 24.5 Å². The van der Waals surface area contributed by atoms with Gasteiger partial charge in [0.25, 0.3) is 0 Å². The van der Waals surface area contributed by atoms with Gasteiger partial charge >= 0.3 is 0 Å². The van der Waals surface area contributed by atoms with Gasteiger partial charge in [-0.15, -0.1) is 0 Å². The van der Waals surface area contributed by atoms with Crippen LogP contribution >= 0.6 is 34.8 Å². The molecule has 0 saturated heterocycles. The van der Waals surface area contributed by atoms with Crippen molar-refractivity contribution >= 4 is 46.5 Å². The zero-order valence-electron chi connectivity index (χ0n) is 20.2. The van der Waals surface area contributed by atoms with E-state index in [-0.39, 0.29) is 0 Å². The molecule has 0 amide bonds. The van der Waals surface area contributed by atoms with Gasteiger partial charge in [-0.1, -0.05) is 64.2 Å². The molecule has 0 atom stereocenters. The highest BCUT2D eigenvalue weighted by Gasteiger charge is 2.33. The third-order valence-electron chi connectivity index (χ3n) is 6.43. The molecule has 8 nitrogen and oxygen atoms in total. The summed E-state index contributed by atoms with van der Waals surface area (Å²) < 4.78 is 6.05. The third-order valence-corrected chi connectivity index (χ3v) is 7.13. The van der Waals surface area contributed by atoms with E-state index in [1.807, 2.05) is 36.4 Å². The van der Waals surface area contributed by atoms with Crippen LogP contribution in [0.15, 0.2) is 75.4 Å². The zero-order chi connectivity index (χ0) is 26.1. The highest BCUT2D eigenvalue weighted by molar-refractivity contribution is 6.30. The van der Waals surface area contributed by atoms with E-state index in [4.69, 9.17) is 49.3 Å². The minimum atomic E-state index is 0.463. The Balaban J connectivity index is 1.37. The fourth-order valence-corrected chi connectivity index (χ4v) is 4.98. The van der Waals surface area contributed by atoms with Crippen LogP contribution in [0.2, 0.25) is 15.3 Å². The standard InChI is InChI=1S/C27H22Cl3N7O/c28-20-5-3-19(4-6-20)23-24(26-31-9-11-36(26)15-17-1-7-21(29)33-13-17)35-38-25(23)27-32-10-12-37(27)16-18-2-8-22(30)34-14-18/h1-8,13-14H,9-12,15-16H2. The number of pyridine rings is 2. The van der Waals surface area contributed by atoms with Gasteiger partial charge in [-0.2, -0.15) is 0 Å². The van der Waals surface area contributed by atoms with Crippen molar-refractivity contribution in [3.63, 3.8) is 0 Å². The first-order valence-corrected chi connectivity index (χ1v) is 13.2. The van der Waals surface area contributed by atoms with Gasteiger partial charge in [0, 0.05) is 43.6 Å². The summed E-state index contributed by atoms with van der Waals surface area (Å²) in [5.41, 5.74) is 4.49. The van der Waals surface area contributed by atoms with Crippen molar-refractivity contribution in [2.45, 2.75) is 13.1 Å². The number of aliphatic imine (C=N–C) groups is 2. The van der Waals surface area contributed by atoms with Gasteiger partial charge in [0.1, 0.15) is 10.3 Å². The first kappa shape index (κ1) is 24.9. The van der Waals surface area contributed by atoms with Crippen LogP contribution in [-0.2, 0) is 13.1 Å². The monoisotopic (exact) mass is 565 g/mol. The van der Waals surface area contributed by atoms with Crippen LogP contribution in [0.4, 0.5) is 0 Å². The summed E-state index contributed by atoms with van der Waals surface area (Å²) in [4.78, 5) is 22.4. The number of amidine groups is 2. The minimum Gasteiger partial charge on any atom is -0.352 e. The molecule has 5 heterocycles. The van der Waals surface area contributed by atoms with E-state index < -0.39 is 0 Å². The number of halogens is 3. The SMILES string of the molecule is Clc1ccc(-c2c(C3=NCCN3Cc3ccc(Cl)nc3)noc2C2=NCCN2Cc2ccc(Cl)nc2)cc1. The summed E-state index contributed by atoms with van der Waals surface area (Å²) in [6.07, 6.45) is 3.56. The molecule has 0 N–H and O–H groups in total. The highest BCUT2D eigenvalue weighted by Crippen LogP contribution is 2.33. The van der Waals surface area contributed by atoms with Gasteiger partial charge in [0.2, 0.25) is 5.76 Å². The minimum absolute atomic E-state index is 0.463. The first-order valence-electron chi connectivity index (χ1n) is 12.1. The van der Waals surface area contributed by atoms with Gasteiger partial charge in [0.15, 0.2) is 17.4 Å². The molecule has 0 aliphatic carbocycles. The molecular formula is C27H22Cl3N7O. The highest BCUT2D eigenvalue weighted by atomic mass is 35.5. The van der Waals surface area contributed by atoms with Gasteiger partial charge in [0.05, 0.1) is 18.7 Å². The molecule has 0 bridgehead atoms. The molecule has 38 heavy (non-hydrogen) atoms. The lowest BCUT2D eigenvalue weighted by Gasteiger charge is -2.21. The quantitative estimate of drug-likeness (QED) is 0.270. The molecule has 3 aromatic heterocycles. The molecule has 6 rings (SSSR count). The van der Waals surface area contributed by atoms with Crippen molar-refractivity contribution < 1.29 is 4.52 Å². The van der Waals surface area contributed by atoms with Crippen molar-refractivity contribution in [1.82, 2.24) is 24.9 Å². The number of hydrogen-bond acceptors (Lipinski definition) is 8. The second kappa shape index (κ2) is 10.7. The molecule has 0 spiro atoms. The lowest BCUT2D eigenvalue weighted by atomic mass is 10.0. The van der Waals surface area contributed by atoms with Crippen molar-refractivity contribution in [2.24, 2.45) is 9.98 Å². The Morgan fingerprint density at radius 3 is 1.87 bits per heavy atom. The second-order valence-corrected chi connectivity index (χ2v) is 10.2. The summed E-state index contributed by atoms with van der Waals surface area (Å²) in [6, 6.07) is 15.2. The lowest BCUT2D eigenvalue weighted by Crippen LogP contribution is -2.29. The normalized spacial score (nSPS) is 15.2. The maximum atomic E-state index is 6.22. The Morgan fingerprint density at radius 2 is 1.29 bits per heavy atom. The van der Waals surface area contributed by atoms with E-state index in [0.717, 1.165) is 47.0 Å². The molecule has 0 unspecified atom stereocenters. The zero-order valence-corrected chi connectivity index (χ0v) is 22.5. The van der Waals surface area contributed by atoms with Crippen LogP contribution in [0.3, 0.4) is 0 Å². The summed E-state index contributed by atoms with van der Waals surface area (Å²) >= 11 is 18.2. The van der Waals surface area contributed by atoms with Crippen LogP contribution < -0.4 is 0 Å². The molecule has 2 aliphatic rings. The first-order chi connectivity index (χ1) is 18.5. The predicted octanol–water partition coefficient (Wildman–Crippen LogP) is 5.62. The average molecular weight is 567 g/mol. The van der Waals surface area contributed by atoms with Crippen LogP contribution in [0.5, 0.6) is 0 Å². The van der Waals surface area contributed by atoms with Gasteiger partial charge in [-0.25, -0.2) is 9.97 Å². The van der Waals surface area contributed by atoms with Crippen LogP contribution in [0.25, 0.3) is 11.1 Å². The molecule has 4 aromatic rings. The number of aromatic nitrogens is 3. The van der Waals surface area contributed by atoms with Crippen molar-refractivity contribution in [3.05, 3.63) is 98.8 Å². The Morgan fingerprint density at radius 1 is 0.711 bits per heavy atom. The van der Waals surface area contributed by atoms with Gasteiger partial charge in [-0.3, -0.25) is 9.98 Å². The summed E-state index contributed by atoms with van der Waals surface area (Å²) in [5.74, 6) is 2.12. The Hall–Kier alpha value is -3.46. The van der Waals surface area contributed by atoms with E-state index in [2.05, 4.69) is 24.9 Å². The van der Waals surface area contributed by atoms with Crippen molar-refractivity contribution in [3.8, 4) is 11.1 Å². The van der Waals surface area contributed by atoms with Crippen molar-refractivity contribution in [1.29, 1.82) is 0 Å². The fraction of sp³-hybridized carbons (Fsp3) is 0.222. The molecule has 2 aliphatic heterocycles. The molecule has 0 saturated carbocycles. The number of benzene rings is 1. The largest absolute Gasteiger partial charge is 0.352 e. The van der Waals surface area contributed by atoms with E-state index in [0.29, 0.717) is 53.0 Å².